The fourth-order valence-corrected chi connectivity index (χ4v) is 6.73. The van der Waals surface area contributed by atoms with Crippen molar-refractivity contribution in [2.75, 3.05) is 6.54 Å². The molecule has 0 aliphatic heterocycles. The van der Waals surface area contributed by atoms with E-state index in [1.807, 2.05) is 19.1 Å². The lowest BCUT2D eigenvalue weighted by molar-refractivity contribution is -0.121. The zero-order valence-electron chi connectivity index (χ0n) is 16.6. The normalized spacial score (nSPS) is 37.2. The highest BCUT2D eigenvalue weighted by Gasteiger charge is 2.57. The highest BCUT2D eigenvalue weighted by atomic mass is 16.3. The van der Waals surface area contributed by atoms with Crippen LogP contribution in [0.5, 0.6) is 5.75 Å². The van der Waals surface area contributed by atoms with Crippen molar-refractivity contribution in [2.24, 2.45) is 23.2 Å². The topological polar surface area (TPSA) is 69.6 Å². The Bertz CT molecular complexity index is 718. The van der Waals surface area contributed by atoms with Gasteiger partial charge in [-0.1, -0.05) is 13.0 Å². The van der Waals surface area contributed by atoms with Gasteiger partial charge in [0, 0.05) is 13.0 Å². The Hall–Kier alpha value is -1.55. The van der Waals surface area contributed by atoms with E-state index in [9.17, 15) is 15.0 Å². The highest BCUT2D eigenvalue weighted by molar-refractivity contribution is 5.75. The third kappa shape index (κ3) is 3.16. The fourth-order valence-electron chi connectivity index (χ4n) is 6.73. The van der Waals surface area contributed by atoms with E-state index in [2.05, 4.69) is 18.3 Å². The number of phenols is 1. The molecule has 0 unspecified atom stereocenters. The molecule has 4 rings (SSSR count). The van der Waals surface area contributed by atoms with Crippen molar-refractivity contribution in [1.29, 1.82) is 0 Å². The first-order valence-electron chi connectivity index (χ1n) is 10.7. The van der Waals surface area contributed by atoms with Crippen LogP contribution in [0.15, 0.2) is 18.2 Å². The predicted octanol–water partition coefficient (Wildman–Crippen LogP) is 3.75. The van der Waals surface area contributed by atoms with E-state index in [1.54, 1.807) is 0 Å². The van der Waals surface area contributed by atoms with Gasteiger partial charge in [0.25, 0.3) is 0 Å². The molecule has 3 aliphatic rings. The molecule has 0 radical (unpaired) electrons. The number of aromatic hydroxyl groups is 1. The zero-order valence-corrected chi connectivity index (χ0v) is 16.6. The molecule has 3 aliphatic carbocycles. The average Bonchev–Trinajstić information content (AvgIpc) is 2.94. The first kappa shape index (κ1) is 18.8. The van der Waals surface area contributed by atoms with Gasteiger partial charge in [-0.15, -0.1) is 0 Å². The van der Waals surface area contributed by atoms with Gasteiger partial charge in [-0.25, -0.2) is 0 Å². The molecule has 0 heterocycles. The number of hydrogen-bond donors (Lipinski definition) is 3. The molecule has 6 atom stereocenters. The Balaban J connectivity index is 1.66. The molecule has 1 aromatic rings. The van der Waals surface area contributed by atoms with Crippen LogP contribution in [-0.4, -0.2) is 28.8 Å². The number of hydrogen-bond acceptors (Lipinski definition) is 3. The number of aliphatic hydroxyl groups is 1. The standard InChI is InChI=1S/C23H33NO3/c1-3-24-21(27)11-5-15-13-23(2)19(9-10-20(23)26)18-7-4-14-12-16(25)6-8-17(14)22(15)18/h6,8,12,15,18-20,22,25-26H,3-5,7,9-11,13H2,1-2H3,(H,24,27)/t15-,18-,19-,20-,22+,23-/m0/s1. The summed E-state index contributed by atoms with van der Waals surface area (Å²) < 4.78 is 0. The highest BCUT2D eigenvalue weighted by Crippen LogP contribution is 2.63. The second-order valence-corrected chi connectivity index (χ2v) is 9.27. The van der Waals surface area contributed by atoms with Gasteiger partial charge in [-0.05, 0) is 97.8 Å². The molecule has 2 saturated carbocycles. The Kier molecular flexibility index (Phi) is 4.96. The minimum Gasteiger partial charge on any atom is -0.508 e. The number of aliphatic hydroxyl groups excluding tert-OH is 1. The van der Waals surface area contributed by atoms with Crippen LogP contribution in [0.2, 0.25) is 0 Å². The van der Waals surface area contributed by atoms with Gasteiger partial charge in [0.1, 0.15) is 5.75 Å². The zero-order chi connectivity index (χ0) is 19.2. The molecule has 0 aromatic heterocycles. The molecule has 1 amide bonds. The number of nitrogens with one attached hydrogen (secondary N) is 1. The summed E-state index contributed by atoms with van der Waals surface area (Å²) in [6.07, 6.45) is 6.40. The second kappa shape index (κ2) is 7.12. The third-order valence-electron chi connectivity index (χ3n) is 7.90. The van der Waals surface area contributed by atoms with E-state index < -0.39 is 0 Å². The van der Waals surface area contributed by atoms with Gasteiger partial charge in [-0.3, -0.25) is 4.79 Å². The summed E-state index contributed by atoms with van der Waals surface area (Å²) >= 11 is 0. The molecule has 3 N–H and O–H groups in total. The Morgan fingerprint density at radius 3 is 2.89 bits per heavy atom. The third-order valence-corrected chi connectivity index (χ3v) is 7.90. The van der Waals surface area contributed by atoms with Gasteiger partial charge in [0.15, 0.2) is 0 Å². The van der Waals surface area contributed by atoms with Gasteiger partial charge < -0.3 is 15.5 Å². The van der Waals surface area contributed by atoms with Crippen molar-refractivity contribution in [2.45, 2.75) is 70.8 Å². The summed E-state index contributed by atoms with van der Waals surface area (Å²) in [6.45, 7) is 4.92. The van der Waals surface area contributed by atoms with E-state index in [-0.39, 0.29) is 17.4 Å². The molecular weight excluding hydrogens is 338 g/mol. The molecule has 148 valence electrons. The summed E-state index contributed by atoms with van der Waals surface area (Å²) in [4.78, 5) is 12.1. The van der Waals surface area contributed by atoms with E-state index in [0.29, 0.717) is 42.4 Å². The van der Waals surface area contributed by atoms with Gasteiger partial charge in [-0.2, -0.15) is 0 Å². The van der Waals surface area contributed by atoms with E-state index in [4.69, 9.17) is 0 Å². The number of carbonyl (C=O) groups excluding carboxylic acids is 1. The smallest absolute Gasteiger partial charge is 0.219 e. The SMILES string of the molecule is CCNC(=O)CC[C@H]1C[C@]2(C)[C@@H](O)CC[C@H]2[C@@H]2CCc3cc(O)ccc3[C@@H]12. The van der Waals surface area contributed by atoms with Crippen LogP contribution in [0, 0.1) is 23.2 Å². The quantitative estimate of drug-likeness (QED) is 0.755. The van der Waals surface area contributed by atoms with E-state index in [0.717, 1.165) is 38.5 Å². The number of fused-ring (bicyclic) bond motifs is 5. The molecule has 4 nitrogen and oxygen atoms in total. The number of aryl methyl sites for hydroxylation is 1. The van der Waals surface area contributed by atoms with Gasteiger partial charge >= 0.3 is 0 Å². The van der Waals surface area contributed by atoms with Crippen LogP contribution in [-0.2, 0) is 11.2 Å². The van der Waals surface area contributed by atoms with Gasteiger partial charge in [0.2, 0.25) is 5.91 Å². The number of phenolic OH excluding ortho intramolecular Hbond substituents is 1. The molecule has 0 spiro atoms. The Morgan fingerprint density at radius 1 is 1.30 bits per heavy atom. The van der Waals surface area contributed by atoms with E-state index in [1.165, 1.54) is 11.1 Å². The monoisotopic (exact) mass is 371 g/mol. The summed E-state index contributed by atoms with van der Waals surface area (Å²) in [7, 11) is 0. The molecule has 2 fully saturated rings. The van der Waals surface area contributed by atoms with Crippen molar-refractivity contribution in [3.63, 3.8) is 0 Å². The lowest BCUT2D eigenvalue weighted by Gasteiger charge is -2.54. The molecule has 4 heteroatoms. The lowest BCUT2D eigenvalue weighted by Crippen LogP contribution is -2.48. The van der Waals surface area contributed by atoms with Crippen LogP contribution >= 0.6 is 0 Å². The Labute approximate surface area is 162 Å². The van der Waals surface area contributed by atoms with E-state index >= 15 is 0 Å². The largest absolute Gasteiger partial charge is 0.508 e. The van der Waals surface area contributed by atoms with Crippen LogP contribution in [0.25, 0.3) is 0 Å². The maximum Gasteiger partial charge on any atom is 0.219 e. The maximum absolute atomic E-state index is 12.1. The van der Waals surface area contributed by atoms with Crippen molar-refractivity contribution in [1.82, 2.24) is 5.32 Å². The minimum absolute atomic E-state index is 0.0124. The van der Waals surface area contributed by atoms with Crippen molar-refractivity contribution in [3.8, 4) is 5.75 Å². The predicted molar refractivity (Wildman–Crippen MR) is 106 cm³/mol. The molecule has 1 aromatic carbocycles. The fraction of sp³-hybridized carbons (Fsp3) is 0.696. The second-order valence-electron chi connectivity index (χ2n) is 9.27. The number of amides is 1. The van der Waals surface area contributed by atoms with Crippen molar-refractivity contribution >= 4 is 5.91 Å². The maximum atomic E-state index is 12.1. The summed E-state index contributed by atoms with van der Waals surface area (Å²) in [6, 6.07) is 5.87. The van der Waals surface area contributed by atoms with Gasteiger partial charge in [0.05, 0.1) is 6.10 Å². The average molecular weight is 372 g/mol. The number of rotatable bonds is 4. The molecule has 0 bridgehead atoms. The van der Waals surface area contributed by atoms with Crippen LogP contribution < -0.4 is 5.32 Å². The molecular formula is C23H33NO3. The first-order valence-corrected chi connectivity index (χ1v) is 10.7. The lowest BCUT2D eigenvalue weighted by atomic mass is 9.51. The molecule has 27 heavy (non-hydrogen) atoms. The number of benzene rings is 1. The van der Waals surface area contributed by atoms with Crippen molar-refractivity contribution in [3.05, 3.63) is 29.3 Å². The summed E-state index contributed by atoms with van der Waals surface area (Å²) in [5, 5.41) is 23.6. The first-order chi connectivity index (χ1) is 12.9. The molecule has 0 saturated heterocycles. The van der Waals surface area contributed by atoms with Crippen LogP contribution in [0.3, 0.4) is 0 Å². The van der Waals surface area contributed by atoms with Crippen molar-refractivity contribution < 1.29 is 15.0 Å². The summed E-state index contributed by atoms with van der Waals surface area (Å²) in [5.41, 5.74) is 2.65. The summed E-state index contributed by atoms with van der Waals surface area (Å²) in [5.74, 6) is 2.50. The Morgan fingerprint density at radius 2 is 2.11 bits per heavy atom. The number of carbonyl (C=O) groups is 1. The van der Waals surface area contributed by atoms with Crippen LogP contribution in [0.4, 0.5) is 0 Å². The minimum atomic E-state index is -0.211. The van der Waals surface area contributed by atoms with Crippen LogP contribution in [0.1, 0.15) is 69.4 Å².